The molecule has 0 saturated heterocycles. The maximum Gasteiger partial charge on any atom is 0.278 e. The number of nitro groups is 1. The summed E-state index contributed by atoms with van der Waals surface area (Å²) in [7, 11) is 1.42. The van der Waals surface area contributed by atoms with Crippen LogP contribution in [0.4, 0.5) is 5.69 Å². The highest BCUT2D eigenvalue weighted by Gasteiger charge is 2.35. The average molecular weight is 340 g/mol. The van der Waals surface area contributed by atoms with E-state index in [-0.39, 0.29) is 11.4 Å². The van der Waals surface area contributed by atoms with Gasteiger partial charge in [0.15, 0.2) is 11.5 Å². The minimum absolute atomic E-state index is 0.152. The Kier molecular flexibility index (Phi) is 6.10. The topological polar surface area (TPSA) is 143 Å². The van der Waals surface area contributed by atoms with E-state index in [1.807, 2.05) is 0 Å². The lowest BCUT2D eigenvalue weighted by Gasteiger charge is -2.29. The molecule has 9 heteroatoms. The van der Waals surface area contributed by atoms with Gasteiger partial charge in [-0.2, -0.15) is 0 Å². The van der Waals surface area contributed by atoms with Gasteiger partial charge in [0.25, 0.3) is 5.69 Å². The van der Waals surface area contributed by atoms with E-state index in [1.54, 1.807) is 27.7 Å². The zero-order chi connectivity index (χ0) is 18.7. The molecule has 1 amide bonds. The molecule has 5 N–H and O–H groups in total. The van der Waals surface area contributed by atoms with Gasteiger partial charge in [-0.25, -0.2) is 0 Å². The number of ether oxygens (including phenoxy) is 2. The lowest BCUT2D eigenvalue weighted by molar-refractivity contribution is -0.385. The number of hydrogen-bond donors (Lipinski definition) is 3. The van der Waals surface area contributed by atoms with Crippen LogP contribution in [0.1, 0.15) is 39.3 Å². The maximum atomic E-state index is 11.5. The molecule has 0 heterocycles. The zero-order valence-electron chi connectivity index (χ0n) is 14.5. The molecule has 1 rings (SSSR count). The Morgan fingerprint density at radius 2 is 1.92 bits per heavy atom. The molecule has 9 nitrogen and oxygen atoms in total. The highest BCUT2D eigenvalue weighted by molar-refractivity contribution is 5.80. The number of benzene rings is 1. The first-order chi connectivity index (χ1) is 11.1. The van der Waals surface area contributed by atoms with Crippen molar-refractivity contribution < 1.29 is 19.2 Å². The van der Waals surface area contributed by atoms with Crippen molar-refractivity contribution in [3.8, 4) is 11.5 Å². The Morgan fingerprint density at radius 1 is 1.33 bits per heavy atom. The number of carbonyl (C=O) groups is 1. The van der Waals surface area contributed by atoms with Crippen LogP contribution < -0.4 is 26.5 Å². The Labute approximate surface area is 140 Å². The summed E-state index contributed by atoms with van der Waals surface area (Å²) in [6.45, 7) is 6.61. The number of primary amides is 1. The van der Waals surface area contributed by atoms with Gasteiger partial charge in [-0.1, -0.05) is 0 Å². The molecule has 0 aliphatic rings. The van der Waals surface area contributed by atoms with E-state index >= 15 is 0 Å². The second-order valence-corrected chi connectivity index (χ2v) is 6.05. The van der Waals surface area contributed by atoms with Crippen LogP contribution in [-0.2, 0) is 4.79 Å². The first kappa shape index (κ1) is 19.7. The fourth-order valence-electron chi connectivity index (χ4n) is 1.95. The van der Waals surface area contributed by atoms with E-state index in [1.165, 1.54) is 19.2 Å². The van der Waals surface area contributed by atoms with E-state index in [9.17, 15) is 14.9 Å². The number of rotatable bonds is 8. The number of hydrazine groups is 1. The van der Waals surface area contributed by atoms with E-state index in [0.717, 1.165) is 0 Å². The van der Waals surface area contributed by atoms with Crippen molar-refractivity contribution >= 4 is 11.6 Å². The van der Waals surface area contributed by atoms with Crippen LogP contribution in [0.3, 0.4) is 0 Å². The van der Waals surface area contributed by atoms with Gasteiger partial charge in [0, 0.05) is 0 Å². The summed E-state index contributed by atoms with van der Waals surface area (Å²) in [5.41, 5.74) is 7.06. The molecule has 1 aromatic carbocycles. The fourth-order valence-corrected chi connectivity index (χ4v) is 1.95. The third-order valence-corrected chi connectivity index (χ3v) is 4.18. The molecule has 0 radical (unpaired) electrons. The van der Waals surface area contributed by atoms with Crippen LogP contribution in [-0.4, -0.2) is 24.0 Å². The minimum Gasteiger partial charge on any atom is -0.493 e. The highest BCUT2D eigenvalue weighted by atomic mass is 16.6. The molecular weight excluding hydrogens is 316 g/mol. The van der Waals surface area contributed by atoms with Crippen LogP contribution in [0, 0.1) is 15.5 Å². The van der Waals surface area contributed by atoms with Crippen molar-refractivity contribution in [2.45, 2.75) is 39.8 Å². The van der Waals surface area contributed by atoms with Crippen molar-refractivity contribution in [3.05, 3.63) is 27.8 Å². The Morgan fingerprint density at radius 3 is 2.33 bits per heavy atom. The molecule has 0 fully saturated rings. The van der Waals surface area contributed by atoms with Gasteiger partial charge in [-0.3, -0.25) is 26.2 Å². The normalized spacial score (nSPS) is 13.9. The van der Waals surface area contributed by atoms with Gasteiger partial charge in [0.2, 0.25) is 5.91 Å². The quantitative estimate of drug-likeness (QED) is 0.369. The smallest absolute Gasteiger partial charge is 0.278 e. The summed E-state index contributed by atoms with van der Waals surface area (Å²) in [4.78, 5) is 22.4. The summed E-state index contributed by atoms with van der Waals surface area (Å²) in [5, 5.41) is 11.4. The van der Waals surface area contributed by atoms with Crippen LogP contribution in [0.5, 0.6) is 11.5 Å². The monoisotopic (exact) mass is 340 g/mol. The van der Waals surface area contributed by atoms with Gasteiger partial charge < -0.3 is 15.2 Å². The first-order valence-corrected chi connectivity index (χ1v) is 7.35. The van der Waals surface area contributed by atoms with Crippen molar-refractivity contribution in [1.82, 2.24) is 5.43 Å². The zero-order valence-corrected chi connectivity index (χ0v) is 14.5. The van der Waals surface area contributed by atoms with Gasteiger partial charge in [-0.15, -0.1) is 0 Å². The second-order valence-electron chi connectivity index (χ2n) is 6.05. The van der Waals surface area contributed by atoms with Gasteiger partial charge in [-0.05, 0) is 33.8 Å². The Bertz CT molecular complexity index is 633. The number of nitrogens with two attached hydrogens (primary N) is 2. The standard InChI is InChI=1S/C15H24N4O5/c1-8(18-17)10-6-12(23-5)13(7-11(10)19(21)22)24-9(2)15(3,4)14(16)20/h6-9,18H,17H2,1-5H3,(H2,16,20). The highest BCUT2D eigenvalue weighted by Crippen LogP contribution is 2.39. The van der Waals surface area contributed by atoms with Crippen molar-refractivity contribution in [2.24, 2.45) is 17.0 Å². The molecular formula is C15H24N4O5. The largest absolute Gasteiger partial charge is 0.493 e. The van der Waals surface area contributed by atoms with Crippen LogP contribution in [0.25, 0.3) is 0 Å². The molecule has 0 spiro atoms. The van der Waals surface area contributed by atoms with E-state index < -0.39 is 28.4 Å². The summed E-state index contributed by atoms with van der Waals surface area (Å²) in [6, 6.07) is 2.28. The summed E-state index contributed by atoms with van der Waals surface area (Å²) < 4.78 is 11.0. The molecule has 0 bridgehead atoms. The van der Waals surface area contributed by atoms with Crippen LogP contribution in [0.2, 0.25) is 0 Å². The summed E-state index contributed by atoms with van der Waals surface area (Å²) in [5.74, 6) is 5.29. The molecule has 0 aromatic heterocycles. The lowest BCUT2D eigenvalue weighted by atomic mass is 9.86. The predicted molar refractivity (Wildman–Crippen MR) is 88.5 cm³/mol. The Balaban J connectivity index is 3.36. The maximum absolute atomic E-state index is 11.5. The van der Waals surface area contributed by atoms with Gasteiger partial charge in [0.1, 0.15) is 6.10 Å². The fraction of sp³-hybridized carbons (Fsp3) is 0.533. The van der Waals surface area contributed by atoms with Crippen LogP contribution in [0.15, 0.2) is 12.1 Å². The lowest BCUT2D eigenvalue weighted by Crippen LogP contribution is -2.43. The molecule has 2 unspecified atom stereocenters. The molecule has 0 saturated carbocycles. The first-order valence-electron chi connectivity index (χ1n) is 7.35. The average Bonchev–Trinajstić information content (AvgIpc) is 2.53. The number of nitrogens with zero attached hydrogens (tertiary/aromatic N) is 1. The number of hydrogen-bond acceptors (Lipinski definition) is 7. The molecule has 134 valence electrons. The van der Waals surface area contributed by atoms with Crippen molar-refractivity contribution in [1.29, 1.82) is 0 Å². The summed E-state index contributed by atoms with van der Waals surface area (Å²) >= 11 is 0. The second kappa shape index (κ2) is 7.45. The van der Waals surface area contributed by atoms with E-state index in [2.05, 4.69) is 5.43 Å². The number of amides is 1. The third kappa shape index (κ3) is 3.92. The third-order valence-electron chi connectivity index (χ3n) is 4.18. The SMILES string of the molecule is COc1cc(C(C)NN)c([N+](=O)[O-])cc1OC(C)C(C)(C)C(N)=O. The Hall–Kier alpha value is -2.39. The van der Waals surface area contributed by atoms with Gasteiger partial charge in [0.05, 0.1) is 35.1 Å². The minimum atomic E-state index is -0.968. The number of nitrogens with one attached hydrogen (secondary N) is 1. The number of carbonyl (C=O) groups excluding carboxylic acids is 1. The van der Waals surface area contributed by atoms with Gasteiger partial charge >= 0.3 is 0 Å². The van der Waals surface area contributed by atoms with Crippen molar-refractivity contribution in [2.75, 3.05) is 7.11 Å². The van der Waals surface area contributed by atoms with Crippen molar-refractivity contribution in [3.63, 3.8) is 0 Å². The predicted octanol–water partition coefficient (Wildman–Crippen LogP) is 1.41. The molecule has 24 heavy (non-hydrogen) atoms. The number of methoxy groups -OCH3 is 1. The molecule has 0 aliphatic heterocycles. The molecule has 2 atom stereocenters. The summed E-state index contributed by atoms with van der Waals surface area (Å²) in [6.07, 6.45) is -0.626. The number of nitro benzene ring substituents is 1. The van der Waals surface area contributed by atoms with E-state index in [0.29, 0.717) is 11.3 Å². The molecule has 1 aromatic rings. The molecule has 0 aliphatic carbocycles. The van der Waals surface area contributed by atoms with Crippen LogP contribution >= 0.6 is 0 Å². The van der Waals surface area contributed by atoms with E-state index in [4.69, 9.17) is 21.1 Å².